The fourth-order valence-corrected chi connectivity index (χ4v) is 2.42. The van der Waals surface area contributed by atoms with Gasteiger partial charge >= 0.3 is 0 Å². The van der Waals surface area contributed by atoms with Gasteiger partial charge < -0.3 is 10.5 Å². The fourth-order valence-electron chi connectivity index (χ4n) is 2.12. The van der Waals surface area contributed by atoms with Crippen molar-refractivity contribution in [2.75, 3.05) is 19.7 Å². The maximum Gasteiger partial charge on any atom is 0.234 e. The normalized spacial score (nSPS) is 22.2. The van der Waals surface area contributed by atoms with Crippen molar-refractivity contribution in [2.45, 2.75) is 19.1 Å². The predicted octanol–water partition coefficient (Wildman–Crippen LogP) is 2.24. The Bertz CT molecular complexity index is 482. The third-order valence-electron chi connectivity index (χ3n) is 3.37. The topological polar surface area (TPSA) is 55.6 Å². The van der Waals surface area contributed by atoms with Crippen molar-refractivity contribution in [1.29, 1.82) is 0 Å². The number of halogens is 2. The number of carbonyl (C=O) groups excluding carboxylic acids is 1. The van der Waals surface area contributed by atoms with E-state index in [-0.39, 0.29) is 18.1 Å². The summed E-state index contributed by atoms with van der Waals surface area (Å²) in [6.45, 7) is 3.67. The van der Waals surface area contributed by atoms with Gasteiger partial charge in [-0.15, -0.1) is 0 Å². The summed E-state index contributed by atoms with van der Waals surface area (Å²) in [5, 5.41) is 1.02. The van der Waals surface area contributed by atoms with Gasteiger partial charge in [-0.3, -0.25) is 9.69 Å². The highest BCUT2D eigenvalue weighted by molar-refractivity contribution is 6.42. The molecule has 1 heterocycles. The average Bonchev–Trinajstić information content (AvgIpc) is 2.41. The van der Waals surface area contributed by atoms with Crippen molar-refractivity contribution in [2.24, 2.45) is 5.73 Å². The SMILES string of the molecule is C[C@H](C(N)=O)N1CCO[C@H](c2ccc(Cl)c(Cl)c2)C1. The maximum atomic E-state index is 11.2. The minimum atomic E-state index is -0.324. The molecule has 1 fully saturated rings. The van der Waals surface area contributed by atoms with Gasteiger partial charge in [0.1, 0.15) is 0 Å². The number of primary amides is 1. The van der Waals surface area contributed by atoms with Gasteiger partial charge in [-0.25, -0.2) is 0 Å². The molecule has 1 aromatic rings. The maximum absolute atomic E-state index is 11.2. The zero-order valence-corrected chi connectivity index (χ0v) is 12.1. The number of hydrogen-bond donors (Lipinski definition) is 1. The number of nitrogens with zero attached hydrogens (tertiary/aromatic N) is 1. The minimum Gasteiger partial charge on any atom is -0.371 e. The van der Waals surface area contributed by atoms with Gasteiger partial charge in [-0.05, 0) is 24.6 Å². The molecule has 2 atom stereocenters. The summed E-state index contributed by atoms with van der Waals surface area (Å²) in [6.07, 6.45) is -0.120. The summed E-state index contributed by atoms with van der Waals surface area (Å²) < 4.78 is 5.72. The molecule has 1 aliphatic heterocycles. The lowest BCUT2D eigenvalue weighted by Crippen LogP contribution is -2.48. The summed E-state index contributed by atoms with van der Waals surface area (Å²) in [5.74, 6) is -0.324. The van der Waals surface area contributed by atoms with Crippen LogP contribution in [0.3, 0.4) is 0 Å². The third-order valence-corrected chi connectivity index (χ3v) is 4.11. The van der Waals surface area contributed by atoms with Crippen molar-refractivity contribution in [3.8, 4) is 0 Å². The molecule has 1 aromatic carbocycles. The van der Waals surface area contributed by atoms with E-state index in [2.05, 4.69) is 0 Å². The van der Waals surface area contributed by atoms with E-state index in [4.69, 9.17) is 33.7 Å². The van der Waals surface area contributed by atoms with E-state index in [1.54, 1.807) is 19.1 Å². The Balaban J connectivity index is 2.12. The Morgan fingerprint density at radius 3 is 2.84 bits per heavy atom. The van der Waals surface area contributed by atoms with Crippen molar-refractivity contribution in [3.63, 3.8) is 0 Å². The molecule has 1 saturated heterocycles. The zero-order valence-electron chi connectivity index (χ0n) is 10.6. The molecule has 2 N–H and O–H groups in total. The first kappa shape index (κ1) is 14.6. The van der Waals surface area contributed by atoms with Crippen LogP contribution in [0.15, 0.2) is 18.2 Å². The van der Waals surface area contributed by atoms with Crippen molar-refractivity contribution in [3.05, 3.63) is 33.8 Å². The van der Waals surface area contributed by atoms with E-state index in [9.17, 15) is 4.79 Å². The van der Waals surface area contributed by atoms with Crippen LogP contribution < -0.4 is 5.73 Å². The predicted molar refractivity (Wildman–Crippen MR) is 75.4 cm³/mol. The minimum absolute atomic E-state index is 0.120. The third kappa shape index (κ3) is 3.39. The molecular weight excluding hydrogens is 287 g/mol. The van der Waals surface area contributed by atoms with Gasteiger partial charge in [0.25, 0.3) is 0 Å². The van der Waals surface area contributed by atoms with Crippen LogP contribution >= 0.6 is 23.2 Å². The number of nitrogens with two attached hydrogens (primary N) is 1. The summed E-state index contributed by atoms with van der Waals surface area (Å²) in [5.41, 5.74) is 6.29. The second-order valence-electron chi connectivity index (χ2n) is 4.61. The second-order valence-corrected chi connectivity index (χ2v) is 5.42. The molecule has 0 aromatic heterocycles. The summed E-state index contributed by atoms with van der Waals surface area (Å²) in [6, 6.07) is 5.14. The molecule has 2 rings (SSSR count). The van der Waals surface area contributed by atoms with Gasteiger partial charge in [-0.1, -0.05) is 29.3 Å². The van der Waals surface area contributed by atoms with Gasteiger partial charge in [0.05, 0.1) is 28.8 Å². The standard InChI is InChI=1S/C13H16Cl2N2O2/c1-8(13(16)18)17-4-5-19-12(7-17)9-2-3-10(14)11(15)6-9/h2-3,6,8,12H,4-5,7H2,1H3,(H2,16,18)/t8-,12+/m1/s1. The summed E-state index contributed by atoms with van der Waals surface area (Å²) in [7, 11) is 0. The van der Waals surface area contributed by atoms with Gasteiger partial charge in [0.2, 0.25) is 5.91 Å². The van der Waals surface area contributed by atoms with Crippen molar-refractivity contribution >= 4 is 29.1 Å². The fraction of sp³-hybridized carbons (Fsp3) is 0.462. The molecule has 19 heavy (non-hydrogen) atoms. The molecule has 1 aliphatic rings. The van der Waals surface area contributed by atoms with Crippen LogP contribution in [0.5, 0.6) is 0 Å². The highest BCUT2D eigenvalue weighted by atomic mass is 35.5. The van der Waals surface area contributed by atoms with Crippen LogP contribution in [-0.2, 0) is 9.53 Å². The van der Waals surface area contributed by atoms with Crippen LogP contribution in [0.1, 0.15) is 18.6 Å². The molecular formula is C13H16Cl2N2O2. The molecule has 0 saturated carbocycles. The van der Waals surface area contributed by atoms with Crippen LogP contribution in [0, 0.1) is 0 Å². The van der Waals surface area contributed by atoms with E-state index in [1.165, 1.54) is 0 Å². The molecule has 104 valence electrons. The average molecular weight is 303 g/mol. The quantitative estimate of drug-likeness (QED) is 0.931. The summed E-state index contributed by atoms with van der Waals surface area (Å²) in [4.78, 5) is 13.3. The number of amides is 1. The van der Waals surface area contributed by atoms with E-state index in [0.717, 1.165) is 5.56 Å². The first-order valence-corrected chi connectivity index (χ1v) is 6.84. The van der Waals surface area contributed by atoms with Gasteiger partial charge in [-0.2, -0.15) is 0 Å². The Kier molecular flexibility index (Phi) is 4.68. The Morgan fingerprint density at radius 2 is 2.21 bits per heavy atom. The Hall–Kier alpha value is -0.810. The number of carbonyl (C=O) groups is 1. The smallest absolute Gasteiger partial charge is 0.234 e. The molecule has 0 bridgehead atoms. The van der Waals surface area contributed by atoms with Gasteiger partial charge in [0.15, 0.2) is 0 Å². The zero-order chi connectivity index (χ0) is 14.0. The molecule has 0 radical (unpaired) electrons. The molecule has 0 unspecified atom stereocenters. The number of hydrogen-bond acceptors (Lipinski definition) is 3. The van der Waals surface area contributed by atoms with Crippen molar-refractivity contribution < 1.29 is 9.53 Å². The largest absolute Gasteiger partial charge is 0.371 e. The van der Waals surface area contributed by atoms with Crippen LogP contribution in [-0.4, -0.2) is 36.5 Å². The first-order chi connectivity index (χ1) is 8.99. The highest BCUT2D eigenvalue weighted by Crippen LogP contribution is 2.29. The highest BCUT2D eigenvalue weighted by Gasteiger charge is 2.27. The Morgan fingerprint density at radius 1 is 1.47 bits per heavy atom. The molecule has 0 aliphatic carbocycles. The molecule has 4 nitrogen and oxygen atoms in total. The first-order valence-electron chi connectivity index (χ1n) is 6.09. The lowest BCUT2D eigenvalue weighted by molar-refractivity contribution is -0.126. The molecule has 0 spiro atoms. The number of benzene rings is 1. The van der Waals surface area contributed by atoms with Crippen LogP contribution in [0.25, 0.3) is 0 Å². The van der Waals surface area contributed by atoms with Crippen LogP contribution in [0.2, 0.25) is 10.0 Å². The number of ether oxygens (including phenoxy) is 1. The lowest BCUT2D eigenvalue weighted by Gasteiger charge is -2.35. The lowest BCUT2D eigenvalue weighted by atomic mass is 10.1. The van der Waals surface area contributed by atoms with E-state index >= 15 is 0 Å². The van der Waals surface area contributed by atoms with E-state index in [0.29, 0.717) is 29.7 Å². The summed E-state index contributed by atoms with van der Waals surface area (Å²) >= 11 is 11.9. The number of morpholine rings is 1. The van der Waals surface area contributed by atoms with Gasteiger partial charge in [0, 0.05) is 13.1 Å². The molecule has 1 amide bonds. The molecule has 6 heteroatoms. The van der Waals surface area contributed by atoms with E-state index < -0.39 is 0 Å². The monoisotopic (exact) mass is 302 g/mol. The van der Waals surface area contributed by atoms with Crippen molar-refractivity contribution in [1.82, 2.24) is 4.90 Å². The second kappa shape index (κ2) is 6.09. The number of rotatable bonds is 3. The Labute approximate surface area is 122 Å². The van der Waals surface area contributed by atoms with E-state index in [1.807, 2.05) is 11.0 Å². The van der Waals surface area contributed by atoms with Crippen LogP contribution in [0.4, 0.5) is 0 Å².